The van der Waals surface area contributed by atoms with Crippen LogP contribution in [0.4, 0.5) is 0 Å². The molecule has 0 aliphatic heterocycles. The second kappa shape index (κ2) is 4.46. The van der Waals surface area contributed by atoms with E-state index in [1.165, 1.54) is 24.6 Å². The Morgan fingerprint density at radius 1 is 1.29 bits per heavy atom. The van der Waals surface area contributed by atoms with Gasteiger partial charge in [-0.2, -0.15) is 0 Å². The summed E-state index contributed by atoms with van der Waals surface area (Å²) in [6.45, 7) is 6.52. The molecule has 2 bridgehead atoms. The van der Waals surface area contributed by atoms with Gasteiger partial charge in [-0.1, -0.05) is 26.8 Å². The van der Waals surface area contributed by atoms with Crippen LogP contribution in [0.15, 0.2) is 29.2 Å². The largest absolute Gasteiger partial charge is 0.508 e. The lowest BCUT2D eigenvalue weighted by atomic mass is 9.69. The van der Waals surface area contributed by atoms with Crippen LogP contribution in [0.25, 0.3) is 0 Å². The van der Waals surface area contributed by atoms with E-state index in [9.17, 15) is 13.5 Å². The van der Waals surface area contributed by atoms with Crippen molar-refractivity contribution < 1.29 is 13.5 Å². The summed E-state index contributed by atoms with van der Waals surface area (Å²) in [6.07, 6.45) is 3.36. The van der Waals surface area contributed by atoms with E-state index < -0.39 is 10.0 Å². The molecular weight excluding hydrogens is 286 g/mol. The van der Waals surface area contributed by atoms with Crippen LogP contribution in [-0.4, -0.2) is 19.6 Å². The molecule has 5 heteroatoms. The molecule has 3 atom stereocenters. The number of nitrogens with one attached hydrogen (secondary N) is 1. The predicted octanol–water partition coefficient (Wildman–Crippen LogP) is 2.89. The van der Waals surface area contributed by atoms with Crippen LogP contribution in [0.2, 0.25) is 0 Å². The van der Waals surface area contributed by atoms with E-state index in [0.29, 0.717) is 5.92 Å². The Labute approximate surface area is 126 Å². The quantitative estimate of drug-likeness (QED) is 0.902. The second-order valence-corrected chi connectivity index (χ2v) is 9.18. The van der Waals surface area contributed by atoms with Gasteiger partial charge in [0.25, 0.3) is 0 Å². The zero-order chi connectivity index (χ0) is 15.5. The highest BCUT2D eigenvalue weighted by molar-refractivity contribution is 7.89. The van der Waals surface area contributed by atoms with E-state index in [1.807, 2.05) is 0 Å². The van der Waals surface area contributed by atoms with Crippen LogP contribution in [0.5, 0.6) is 5.75 Å². The van der Waals surface area contributed by atoms with Crippen LogP contribution >= 0.6 is 0 Å². The van der Waals surface area contributed by atoms with Crippen LogP contribution in [0.1, 0.15) is 40.0 Å². The summed E-state index contributed by atoms with van der Waals surface area (Å²) >= 11 is 0. The maximum atomic E-state index is 12.6. The molecule has 2 saturated carbocycles. The van der Waals surface area contributed by atoms with Gasteiger partial charge >= 0.3 is 0 Å². The number of hydrogen-bond donors (Lipinski definition) is 2. The third kappa shape index (κ3) is 2.27. The van der Waals surface area contributed by atoms with Gasteiger partial charge in [-0.05, 0) is 54.2 Å². The minimum Gasteiger partial charge on any atom is -0.508 e. The predicted molar refractivity (Wildman–Crippen MR) is 81.4 cm³/mol. The first kappa shape index (κ1) is 14.9. The standard InChI is InChI=1S/C16H23NO3S/c1-15(2)11-7-8-16(3,10-11)14(15)17-21(19,20)13-6-4-5-12(18)9-13/h4-6,9,11,14,17-18H,7-8,10H2,1-3H3. The number of fused-ring (bicyclic) bond motifs is 2. The fraction of sp³-hybridized carbons (Fsp3) is 0.625. The Balaban J connectivity index is 1.93. The van der Waals surface area contributed by atoms with E-state index in [1.54, 1.807) is 6.07 Å². The van der Waals surface area contributed by atoms with Gasteiger partial charge in [0.15, 0.2) is 0 Å². The summed E-state index contributed by atoms with van der Waals surface area (Å²) in [5.41, 5.74) is 0.00889. The Morgan fingerprint density at radius 3 is 2.57 bits per heavy atom. The fourth-order valence-electron chi connectivity index (χ4n) is 4.47. The van der Waals surface area contributed by atoms with Crippen molar-refractivity contribution in [2.75, 3.05) is 0 Å². The van der Waals surface area contributed by atoms with Crippen molar-refractivity contribution in [1.82, 2.24) is 4.72 Å². The molecule has 3 unspecified atom stereocenters. The molecule has 0 radical (unpaired) electrons. The molecule has 2 N–H and O–H groups in total. The first-order valence-corrected chi connectivity index (χ1v) is 8.95. The number of phenolic OH excluding ortho intramolecular Hbond substituents is 1. The molecule has 2 aliphatic carbocycles. The highest BCUT2D eigenvalue weighted by Gasteiger charge is 2.60. The molecular formula is C16H23NO3S. The third-order valence-electron chi connectivity index (χ3n) is 5.67. The van der Waals surface area contributed by atoms with Crippen molar-refractivity contribution in [2.24, 2.45) is 16.7 Å². The lowest BCUT2D eigenvalue weighted by Gasteiger charge is -2.42. The number of benzene rings is 1. The Hall–Kier alpha value is -1.07. The first-order chi connectivity index (χ1) is 9.65. The van der Waals surface area contributed by atoms with Crippen molar-refractivity contribution in [3.8, 4) is 5.75 Å². The molecule has 116 valence electrons. The lowest BCUT2D eigenvalue weighted by Crippen LogP contribution is -2.52. The Kier molecular flexibility index (Phi) is 3.16. The zero-order valence-corrected chi connectivity index (χ0v) is 13.6. The average Bonchev–Trinajstić information content (AvgIpc) is 2.86. The molecule has 4 nitrogen and oxygen atoms in total. The SMILES string of the molecule is CC12CCC(C1)C(C)(C)C2NS(=O)(=O)c1cccc(O)c1. The van der Waals surface area contributed by atoms with E-state index in [0.717, 1.165) is 12.8 Å². The van der Waals surface area contributed by atoms with Crippen molar-refractivity contribution >= 4 is 10.0 Å². The van der Waals surface area contributed by atoms with Gasteiger partial charge in [-0.3, -0.25) is 0 Å². The number of rotatable bonds is 3. The first-order valence-electron chi connectivity index (χ1n) is 7.46. The van der Waals surface area contributed by atoms with Gasteiger partial charge in [-0.15, -0.1) is 0 Å². The van der Waals surface area contributed by atoms with Gasteiger partial charge in [0, 0.05) is 6.04 Å². The van der Waals surface area contributed by atoms with Crippen LogP contribution in [0, 0.1) is 16.7 Å². The van der Waals surface area contributed by atoms with Gasteiger partial charge in [0.05, 0.1) is 4.90 Å². The van der Waals surface area contributed by atoms with Gasteiger partial charge in [0.1, 0.15) is 5.75 Å². The Bertz CT molecular complexity index is 663. The molecule has 0 saturated heterocycles. The van der Waals surface area contributed by atoms with Gasteiger partial charge in [0.2, 0.25) is 10.0 Å². The number of aromatic hydroxyl groups is 1. The van der Waals surface area contributed by atoms with Crippen LogP contribution in [-0.2, 0) is 10.0 Å². The maximum absolute atomic E-state index is 12.6. The van der Waals surface area contributed by atoms with E-state index >= 15 is 0 Å². The van der Waals surface area contributed by atoms with Gasteiger partial charge < -0.3 is 5.11 Å². The van der Waals surface area contributed by atoms with Crippen molar-refractivity contribution in [2.45, 2.75) is 51.0 Å². The molecule has 0 aromatic heterocycles. The molecule has 3 rings (SSSR count). The minimum absolute atomic E-state index is 0.0309. The van der Waals surface area contributed by atoms with E-state index in [4.69, 9.17) is 0 Å². The van der Waals surface area contributed by atoms with Crippen molar-refractivity contribution in [3.63, 3.8) is 0 Å². The Morgan fingerprint density at radius 2 is 2.00 bits per heavy atom. The van der Waals surface area contributed by atoms with Gasteiger partial charge in [-0.25, -0.2) is 13.1 Å². The molecule has 0 spiro atoms. The summed E-state index contributed by atoms with van der Waals surface area (Å²) < 4.78 is 28.2. The third-order valence-corrected chi connectivity index (χ3v) is 7.09. The monoisotopic (exact) mass is 309 g/mol. The molecule has 21 heavy (non-hydrogen) atoms. The highest BCUT2D eigenvalue weighted by atomic mass is 32.2. The topological polar surface area (TPSA) is 66.4 Å². The van der Waals surface area contributed by atoms with E-state index in [2.05, 4.69) is 25.5 Å². The summed E-state index contributed by atoms with van der Waals surface area (Å²) in [5, 5.41) is 9.50. The molecule has 2 fully saturated rings. The number of hydrogen-bond acceptors (Lipinski definition) is 3. The van der Waals surface area contributed by atoms with Crippen LogP contribution < -0.4 is 4.72 Å². The highest BCUT2D eigenvalue weighted by Crippen LogP contribution is 2.62. The molecule has 0 amide bonds. The number of phenols is 1. The molecule has 1 aromatic rings. The van der Waals surface area contributed by atoms with Crippen molar-refractivity contribution in [1.29, 1.82) is 0 Å². The molecule has 1 aromatic carbocycles. The minimum atomic E-state index is -3.61. The zero-order valence-electron chi connectivity index (χ0n) is 12.8. The smallest absolute Gasteiger partial charge is 0.240 e. The maximum Gasteiger partial charge on any atom is 0.240 e. The normalized spacial score (nSPS) is 34.2. The summed E-state index contributed by atoms with van der Waals surface area (Å²) in [6, 6.07) is 5.78. The lowest BCUT2D eigenvalue weighted by molar-refractivity contribution is 0.127. The van der Waals surface area contributed by atoms with E-state index in [-0.39, 0.29) is 27.5 Å². The van der Waals surface area contributed by atoms with Crippen LogP contribution in [0.3, 0.4) is 0 Å². The second-order valence-electron chi connectivity index (χ2n) is 7.47. The summed E-state index contributed by atoms with van der Waals surface area (Å²) in [4.78, 5) is 0.129. The average molecular weight is 309 g/mol. The summed E-state index contributed by atoms with van der Waals surface area (Å²) in [7, 11) is -3.61. The number of sulfonamides is 1. The molecule has 0 heterocycles. The summed E-state index contributed by atoms with van der Waals surface area (Å²) in [5.74, 6) is 0.552. The fourth-order valence-corrected chi connectivity index (χ4v) is 6.04. The van der Waals surface area contributed by atoms with Crippen molar-refractivity contribution in [3.05, 3.63) is 24.3 Å². The molecule has 2 aliphatic rings.